The van der Waals surface area contributed by atoms with Crippen LogP contribution in [0.25, 0.3) is 10.9 Å². The van der Waals surface area contributed by atoms with Gasteiger partial charge < -0.3 is 29.9 Å². The predicted octanol–water partition coefficient (Wildman–Crippen LogP) is 4.51. The van der Waals surface area contributed by atoms with Gasteiger partial charge in [-0.2, -0.15) is 0 Å². The molecule has 3 aliphatic rings. The number of carbonyl (C=O) groups is 4. The molecule has 0 unspecified atom stereocenters. The van der Waals surface area contributed by atoms with Crippen molar-refractivity contribution in [1.29, 1.82) is 0 Å². The molecule has 4 heterocycles. The predicted molar refractivity (Wildman–Crippen MR) is 200 cm³/mol. The zero-order valence-corrected chi connectivity index (χ0v) is 31.0. The Morgan fingerprint density at radius 1 is 0.941 bits per heavy atom. The monoisotopic (exact) mass is 696 g/mol. The van der Waals surface area contributed by atoms with Crippen LogP contribution in [-0.4, -0.2) is 109 Å². The largest absolute Gasteiger partial charge is 0.356 e. The van der Waals surface area contributed by atoms with Crippen LogP contribution in [0, 0.1) is 11.8 Å². The van der Waals surface area contributed by atoms with Crippen LogP contribution >= 0.6 is 0 Å². The van der Waals surface area contributed by atoms with Crippen LogP contribution in [0.3, 0.4) is 0 Å². The number of nitrogens with zero attached hydrogens (tertiary/aromatic N) is 4. The van der Waals surface area contributed by atoms with E-state index in [1.54, 1.807) is 19.0 Å². The van der Waals surface area contributed by atoms with Crippen LogP contribution in [-0.2, 0) is 44.0 Å². The molecule has 2 saturated heterocycles. The van der Waals surface area contributed by atoms with Crippen molar-refractivity contribution >= 4 is 34.5 Å². The maximum absolute atomic E-state index is 15.0. The van der Waals surface area contributed by atoms with Crippen LogP contribution in [0.2, 0.25) is 0 Å². The average molecular weight is 697 g/mol. The smallest absolute Gasteiger partial charge is 0.228 e. The van der Waals surface area contributed by atoms with Crippen molar-refractivity contribution in [1.82, 2.24) is 29.9 Å². The van der Waals surface area contributed by atoms with Crippen molar-refractivity contribution in [3.8, 4) is 0 Å². The second-order valence-electron chi connectivity index (χ2n) is 15.4. The van der Waals surface area contributed by atoms with Crippen molar-refractivity contribution in [3.05, 3.63) is 70.9 Å². The maximum Gasteiger partial charge on any atom is 0.228 e. The van der Waals surface area contributed by atoms with E-state index in [4.69, 9.17) is 0 Å². The quantitative estimate of drug-likeness (QED) is 0.256. The van der Waals surface area contributed by atoms with Gasteiger partial charge in [0.15, 0.2) is 0 Å². The highest BCUT2D eigenvalue weighted by Crippen LogP contribution is 2.53. The molecule has 0 aliphatic carbocycles. The number of aryl methyl sites for hydroxylation is 2. The number of benzene rings is 2. The second kappa shape index (κ2) is 16.0. The molecule has 0 spiro atoms. The number of piperidine rings is 2. The van der Waals surface area contributed by atoms with E-state index in [0.29, 0.717) is 51.6 Å². The molecule has 1 aromatic heterocycles. The van der Waals surface area contributed by atoms with E-state index in [-0.39, 0.29) is 30.0 Å². The molecule has 10 heteroatoms. The summed E-state index contributed by atoms with van der Waals surface area (Å²) in [6.45, 7) is 3.38. The number of nitrogens with one attached hydrogen (secondary N) is 2. The van der Waals surface area contributed by atoms with Gasteiger partial charge in [-0.3, -0.25) is 19.2 Å². The first-order valence-electron chi connectivity index (χ1n) is 19.0. The number of hydrogen-bond donors (Lipinski definition) is 2. The van der Waals surface area contributed by atoms with E-state index in [0.717, 1.165) is 67.5 Å². The minimum Gasteiger partial charge on any atom is -0.356 e. The molecule has 0 saturated carbocycles. The van der Waals surface area contributed by atoms with E-state index in [1.807, 2.05) is 42.1 Å². The summed E-state index contributed by atoms with van der Waals surface area (Å²) in [5.41, 5.74) is 4.48. The summed E-state index contributed by atoms with van der Waals surface area (Å²) in [5.74, 6) is -1.01. The average Bonchev–Trinajstić information content (AvgIpc) is 3.51. The van der Waals surface area contributed by atoms with Crippen LogP contribution in [0.1, 0.15) is 73.8 Å². The summed E-state index contributed by atoms with van der Waals surface area (Å²) >= 11 is 0. The van der Waals surface area contributed by atoms with E-state index >= 15 is 0 Å². The van der Waals surface area contributed by atoms with Gasteiger partial charge in [-0.25, -0.2) is 0 Å². The Morgan fingerprint density at radius 3 is 2.43 bits per heavy atom. The maximum atomic E-state index is 15.0. The molecule has 3 atom stereocenters. The van der Waals surface area contributed by atoms with Gasteiger partial charge in [0.2, 0.25) is 23.6 Å². The fourth-order valence-corrected chi connectivity index (χ4v) is 8.73. The lowest BCUT2D eigenvalue weighted by molar-refractivity contribution is -0.167. The highest BCUT2D eigenvalue weighted by atomic mass is 16.2. The normalized spacial score (nSPS) is 21.8. The van der Waals surface area contributed by atoms with E-state index in [9.17, 15) is 19.2 Å². The zero-order chi connectivity index (χ0) is 36.1. The van der Waals surface area contributed by atoms with Crippen molar-refractivity contribution < 1.29 is 19.2 Å². The Hall–Kier alpha value is -4.18. The van der Waals surface area contributed by atoms with Gasteiger partial charge in [0.25, 0.3) is 0 Å². The Bertz CT molecular complexity index is 1710. The SMILES string of the molecule is CN(C)CCCNC(=O)C[C@H]1C[C@H](C(=O)N2CCCCC2)[C@@]2(CCc3ccccc3)c3[nH]c4cc(CCC(=O)N(C)C)ccc4c3CCN2C1=O. The van der Waals surface area contributed by atoms with Crippen molar-refractivity contribution in [3.63, 3.8) is 0 Å². The Morgan fingerprint density at radius 2 is 1.71 bits per heavy atom. The summed E-state index contributed by atoms with van der Waals surface area (Å²) < 4.78 is 0. The Labute approximate surface area is 302 Å². The van der Waals surface area contributed by atoms with Gasteiger partial charge in [-0.15, -0.1) is 0 Å². The number of carbonyl (C=O) groups excluding carboxylic acids is 4. The third kappa shape index (κ3) is 7.86. The summed E-state index contributed by atoms with van der Waals surface area (Å²) in [4.78, 5) is 66.9. The molecule has 3 aromatic rings. The Balaban J connectivity index is 1.40. The summed E-state index contributed by atoms with van der Waals surface area (Å²) in [5, 5.41) is 4.16. The molecule has 2 N–H and O–H groups in total. The summed E-state index contributed by atoms with van der Waals surface area (Å²) in [6, 6.07) is 16.7. The molecule has 0 radical (unpaired) electrons. The molecule has 2 aromatic carbocycles. The lowest BCUT2D eigenvalue weighted by Crippen LogP contribution is -2.66. The number of amides is 4. The second-order valence-corrected chi connectivity index (χ2v) is 15.4. The Kier molecular flexibility index (Phi) is 11.5. The third-order valence-corrected chi connectivity index (χ3v) is 11.4. The molecular weight excluding hydrogens is 640 g/mol. The molecule has 3 aliphatic heterocycles. The van der Waals surface area contributed by atoms with E-state index in [2.05, 4.69) is 45.5 Å². The van der Waals surface area contributed by atoms with Gasteiger partial charge in [-0.05, 0) is 101 Å². The highest BCUT2D eigenvalue weighted by Gasteiger charge is 2.59. The van der Waals surface area contributed by atoms with Gasteiger partial charge in [0.05, 0.1) is 11.5 Å². The van der Waals surface area contributed by atoms with Gasteiger partial charge in [0, 0.05) is 75.6 Å². The number of hydrogen-bond acceptors (Lipinski definition) is 5. The van der Waals surface area contributed by atoms with Crippen LogP contribution < -0.4 is 5.32 Å². The van der Waals surface area contributed by atoms with Gasteiger partial charge in [-0.1, -0.05) is 42.5 Å². The first-order chi connectivity index (χ1) is 24.6. The number of fused-ring (bicyclic) bond motifs is 5. The fraction of sp³-hybridized carbons (Fsp3) is 0.561. The lowest BCUT2D eigenvalue weighted by Gasteiger charge is -2.56. The number of aromatic nitrogens is 1. The lowest BCUT2D eigenvalue weighted by atomic mass is 9.64. The highest BCUT2D eigenvalue weighted by molar-refractivity contribution is 5.93. The van der Waals surface area contributed by atoms with Gasteiger partial charge in [0.1, 0.15) is 0 Å². The van der Waals surface area contributed by atoms with E-state index in [1.165, 1.54) is 11.1 Å². The molecule has 2 fully saturated rings. The minimum absolute atomic E-state index is 0.0265. The van der Waals surface area contributed by atoms with Crippen molar-refractivity contribution in [2.45, 2.75) is 76.2 Å². The number of H-pyrrole nitrogens is 1. The topological polar surface area (TPSA) is 109 Å². The molecule has 274 valence electrons. The number of likely N-dealkylation sites (tertiary alicyclic amines) is 1. The summed E-state index contributed by atoms with van der Waals surface area (Å²) in [6.07, 6.45) is 7.37. The molecule has 10 nitrogen and oxygen atoms in total. The van der Waals surface area contributed by atoms with Crippen molar-refractivity contribution in [2.24, 2.45) is 11.8 Å². The standard InChI is InChI=1S/C41H56N6O4/c1-44(2)22-11-21-42-36(48)28-31-27-34(40(51)46-23-9-6-10-24-46)41(20-18-29-12-7-5-8-13-29)38-33(19-25-47(41)39(31)50)32-16-14-30(26-35(32)43-38)15-17-37(49)45(3)4/h5,7-8,12-14,16,26,31,34,43H,6,9-11,15,17-25,27-28H2,1-4H3,(H,42,48)/t31-,34-,41+/m1/s1. The molecule has 51 heavy (non-hydrogen) atoms. The first-order valence-corrected chi connectivity index (χ1v) is 19.0. The molecule has 0 bridgehead atoms. The molecule has 6 rings (SSSR count). The molecular formula is C41H56N6O4. The van der Waals surface area contributed by atoms with Crippen LogP contribution in [0.4, 0.5) is 0 Å². The van der Waals surface area contributed by atoms with Crippen LogP contribution in [0.15, 0.2) is 48.5 Å². The molecule has 4 amide bonds. The number of rotatable bonds is 13. The van der Waals surface area contributed by atoms with Crippen LogP contribution in [0.5, 0.6) is 0 Å². The number of aromatic amines is 1. The van der Waals surface area contributed by atoms with E-state index < -0.39 is 17.4 Å². The first kappa shape index (κ1) is 36.6. The third-order valence-electron chi connectivity index (χ3n) is 11.4. The minimum atomic E-state index is -0.881. The van der Waals surface area contributed by atoms with Gasteiger partial charge >= 0.3 is 0 Å². The summed E-state index contributed by atoms with van der Waals surface area (Å²) in [7, 11) is 7.58. The van der Waals surface area contributed by atoms with Crippen molar-refractivity contribution in [2.75, 3.05) is 60.9 Å². The zero-order valence-electron chi connectivity index (χ0n) is 31.0. The fourth-order valence-electron chi connectivity index (χ4n) is 8.73.